The van der Waals surface area contributed by atoms with Gasteiger partial charge >= 0.3 is 6.18 Å². The molecule has 1 aliphatic heterocycles. The van der Waals surface area contributed by atoms with Gasteiger partial charge in [-0.15, -0.1) is 0 Å². The van der Waals surface area contributed by atoms with Gasteiger partial charge in [0.15, 0.2) is 5.72 Å². The van der Waals surface area contributed by atoms with Crippen molar-refractivity contribution in [2.24, 2.45) is 5.10 Å². The molecule has 136 valence electrons. The summed E-state index contributed by atoms with van der Waals surface area (Å²) in [6, 6.07) is 8.68. The Labute approximate surface area is 146 Å². The van der Waals surface area contributed by atoms with Crippen molar-refractivity contribution < 1.29 is 27.8 Å². The number of pyridine rings is 1. The molecule has 1 aliphatic rings. The summed E-state index contributed by atoms with van der Waals surface area (Å²) in [6.45, 7) is 0. The first-order valence-electron chi connectivity index (χ1n) is 7.52. The molecule has 0 saturated carbocycles. The van der Waals surface area contributed by atoms with Crippen LogP contribution in [-0.2, 0) is 5.72 Å². The summed E-state index contributed by atoms with van der Waals surface area (Å²) in [5.74, 6) is -0.547. The molecular weight excluding hydrogens is 351 g/mol. The fraction of sp³-hybridized carbons (Fsp3) is 0.235. The van der Waals surface area contributed by atoms with Crippen molar-refractivity contribution in [1.82, 2.24) is 9.99 Å². The number of nitrogens with zero attached hydrogens (tertiary/aromatic N) is 3. The van der Waals surface area contributed by atoms with Gasteiger partial charge in [0.05, 0.1) is 13.5 Å². The van der Waals surface area contributed by atoms with E-state index in [9.17, 15) is 23.1 Å². The molecule has 1 N–H and O–H groups in total. The molecule has 0 radical (unpaired) electrons. The van der Waals surface area contributed by atoms with Crippen LogP contribution in [0, 0.1) is 0 Å². The van der Waals surface area contributed by atoms with Crippen molar-refractivity contribution in [2.45, 2.75) is 18.3 Å². The van der Waals surface area contributed by atoms with Crippen molar-refractivity contribution in [3.05, 3.63) is 59.9 Å². The second-order valence-electron chi connectivity index (χ2n) is 5.63. The standard InChI is InChI=1S/C17H14F3N3O3/c1-26-13-6-2-4-11(8-13)15(24)23-16(25,12-5-3-7-21-10-12)9-14(22-23)17(18,19)20/h2-8,10,25H,9H2,1H3. The van der Waals surface area contributed by atoms with Gasteiger partial charge in [0.25, 0.3) is 5.91 Å². The normalized spacial score (nSPS) is 20.0. The number of hydrogen-bond donors (Lipinski definition) is 1. The molecule has 0 spiro atoms. The van der Waals surface area contributed by atoms with Gasteiger partial charge in [0.2, 0.25) is 0 Å². The maximum absolute atomic E-state index is 13.2. The Morgan fingerprint density at radius 3 is 2.69 bits per heavy atom. The van der Waals surface area contributed by atoms with Gasteiger partial charge in [-0.3, -0.25) is 9.78 Å². The Balaban J connectivity index is 2.07. The van der Waals surface area contributed by atoms with Crippen LogP contribution in [0.15, 0.2) is 53.9 Å². The first-order chi connectivity index (χ1) is 12.3. The minimum Gasteiger partial charge on any atom is -0.497 e. The molecule has 1 atom stereocenters. The SMILES string of the molecule is COc1cccc(C(=O)N2N=C(C(F)(F)F)CC2(O)c2cccnc2)c1. The lowest BCUT2D eigenvalue weighted by Gasteiger charge is -2.31. The van der Waals surface area contributed by atoms with Gasteiger partial charge in [-0.25, -0.2) is 0 Å². The average Bonchev–Trinajstić information content (AvgIpc) is 3.01. The van der Waals surface area contributed by atoms with Crippen LogP contribution in [0.3, 0.4) is 0 Å². The number of ether oxygens (including phenoxy) is 1. The fourth-order valence-corrected chi connectivity index (χ4v) is 2.62. The molecule has 6 nitrogen and oxygen atoms in total. The number of aliphatic hydroxyl groups is 1. The van der Waals surface area contributed by atoms with E-state index in [0.29, 0.717) is 10.8 Å². The molecule has 0 saturated heterocycles. The van der Waals surface area contributed by atoms with E-state index in [0.717, 1.165) is 0 Å². The highest BCUT2D eigenvalue weighted by molar-refractivity contribution is 6.00. The van der Waals surface area contributed by atoms with Crippen molar-refractivity contribution >= 4 is 11.6 Å². The number of benzene rings is 1. The first kappa shape index (κ1) is 17.9. The zero-order valence-corrected chi connectivity index (χ0v) is 13.6. The second kappa shape index (κ2) is 6.41. The maximum atomic E-state index is 13.2. The molecule has 26 heavy (non-hydrogen) atoms. The molecule has 1 aromatic carbocycles. The summed E-state index contributed by atoms with van der Waals surface area (Å²) in [6.07, 6.45) is -3.07. The highest BCUT2D eigenvalue weighted by atomic mass is 19.4. The predicted octanol–water partition coefficient (Wildman–Crippen LogP) is 2.70. The first-order valence-corrected chi connectivity index (χ1v) is 7.52. The molecular formula is C17H14F3N3O3. The van der Waals surface area contributed by atoms with Crippen LogP contribution in [0.4, 0.5) is 13.2 Å². The topological polar surface area (TPSA) is 75.0 Å². The molecule has 2 aromatic rings. The van der Waals surface area contributed by atoms with Gasteiger partial charge in [0, 0.05) is 23.5 Å². The third-order valence-electron chi connectivity index (χ3n) is 3.95. The van der Waals surface area contributed by atoms with Crippen LogP contribution in [-0.4, -0.2) is 40.0 Å². The van der Waals surface area contributed by atoms with Crippen molar-refractivity contribution in [1.29, 1.82) is 0 Å². The van der Waals surface area contributed by atoms with E-state index in [1.54, 1.807) is 6.07 Å². The number of aromatic nitrogens is 1. The smallest absolute Gasteiger partial charge is 0.431 e. The van der Waals surface area contributed by atoms with E-state index >= 15 is 0 Å². The highest BCUT2D eigenvalue weighted by Crippen LogP contribution is 2.40. The van der Waals surface area contributed by atoms with E-state index in [1.807, 2.05) is 0 Å². The Hall–Kier alpha value is -2.94. The number of methoxy groups -OCH3 is 1. The van der Waals surface area contributed by atoms with Gasteiger partial charge in [-0.2, -0.15) is 23.3 Å². The lowest BCUT2D eigenvalue weighted by Crippen LogP contribution is -2.43. The quantitative estimate of drug-likeness (QED) is 0.908. The number of amides is 1. The Morgan fingerprint density at radius 1 is 1.31 bits per heavy atom. The lowest BCUT2D eigenvalue weighted by molar-refractivity contribution is -0.0817. The number of halogens is 3. The summed E-state index contributed by atoms with van der Waals surface area (Å²) in [5, 5.41) is 14.8. The number of alkyl halides is 3. The lowest BCUT2D eigenvalue weighted by atomic mass is 9.98. The number of rotatable bonds is 3. The number of hydrazone groups is 1. The minimum absolute atomic E-state index is 0.0267. The molecule has 9 heteroatoms. The zero-order chi connectivity index (χ0) is 18.9. The van der Waals surface area contributed by atoms with E-state index in [1.165, 1.54) is 49.8 Å². The van der Waals surface area contributed by atoms with Gasteiger partial charge in [0.1, 0.15) is 11.5 Å². The van der Waals surface area contributed by atoms with Crippen LogP contribution in [0.5, 0.6) is 5.75 Å². The van der Waals surface area contributed by atoms with E-state index in [-0.39, 0.29) is 11.1 Å². The van der Waals surface area contributed by atoms with Gasteiger partial charge in [-0.05, 0) is 24.3 Å². The van der Waals surface area contributed by atoms with Crippen LogP contribution < -0.4 is 4.74 Å². The van der Waals surface area contributed by atoms with Crippen molar-refractivity contribution in [3.8, 4) is 5.75 Å². The van der Waals surface area contributed by atoms with Gasteiger partial charge < -0.3 is 9.84 Å². The molecule has 1 aromatic heterocycles. The summed E-state index contributed by atoms with van der Waals surface area (Å²) in [5.41, 5.74) is -3.49. The number of hydrogen-bond acceptors (Lipinski definition) is 5. The predicted molar refractivity (Wildman–Crippen MR) is 85.4 cm³/mol. The van der Waals surface area contributed by atoms with E-state index in [2.05, 4.69) is 10.1 Å². The maximum Gasteiger partial charge on any atom is 0.431 e. The van der Waals surface area contributed by atoms with Crippen LogP contribution in [0.25, 0.3) is 0 Å². The summed E-state index contributed by atoms with van der Waals surface area (Å²) in [7, 11) is 1.39. The molecule has 3 rings (SSSR count). The van der Waals surface area contributed by atoms with Crippen LogP contribution in [0.1, 0.15) is 22.3 Å². The second-order valence-corrected chi connectivity index (χ2v) is 5.63. The summed E-state index contributed by atoms with van der Waals surface area (Å²) in [4.78, 5) is 16.6. The third-order valence-corrected chi connectivity index (χ3v) is 3.95. The van der Waals surface area contributed by atoms with E-state index < -0.39 is 29.9 Å². The van der Waals surface area contributed by atoms with Crippen LogP contribution in [0.2, 0.25) is 0 Å². The van der Waals surface area contributed by atoms with Crippen LogP contribution >= 0.6 is 0 Å². The summed E-state index contributed by atoms with van der Waals surface area (Å²) >= 11 is 0. The van der Waals surface area contributed by atoms with Gasteiger partial charge in [-0.1, -0.05) is 12.1 Å². The Bertz CT molecular complexity index is 855. The molecule has 2 heterocycles. The largest absolute Gasteiger partial charge is 0.497 e. The summed E-state index contributed by atoms with van der Waals surface area (Å²) < 4.78 is 44.5. The van der Waals surface area contributed by atoms with E-state index in [4.69, 9.17) is 4.74 Å². The van der Waals surface area contributed by atoms with Crippen molar-refractivity contribution in [2.75, 3.05) is 7.11 Å². The number of carbonyl (C=O) groups is 1. The Morgan fingerprint density at radius 2 is 2.08 bits per heavy atom. The average molecular weight is 365 g/mol. The highest BCUT2D eigenvalue weighted by Gasteiger charge is 2.53. The molecule has 0 fully saturated rings. The zero-order valence-electron chi connectivity index (χ0n) is 13.6. The molecule has 0 aliphatic carbocycles. The molecule has 0 bridgehead atoms. The molecule has 1 amide bonds. The third kappa shape index (κ3) is 3.13. The minimum atomic E-state index is -4.78. The monoisotopic (exact) mass is 365 g/mol. The Kier molecular flexibility index (Phi) is 4.41. The van der Waals surface area contributed by atoms with Crippen molar-refractivity contribution in [3.63, 3.8) is 0 Å². The number of carbonyl (C=O) groups excluding carboxylic acids is 1. The molecule has 1 unspecified atom stereocenters. The fourth-order valence-electron chi connectivity index (χ4n) is 2.62.